The van der Waals surface area contributed by atoms with E-state index in [-0.39, 0.29) is 0 Å². The van der Waals surface area contributed by atoms with Crippen molar-refractivity contribution in [1.82, 2.24) is 0 Å². The Balaban J connectivity index is 2.94. The van der Waals surface area contributed by atoms with Gasteiger partial charge in [-0.05, 0) is 18.6 Å². The average molecular weight is 131 g/mol. The number of hydrogen-bond acceptors (Lipinski definition) is 2. The fourth-order valence-corrected chi connectivity index (χ4v) is 0.773. The van der Waals surface area contributed by atoms with Gasteiger partial charge in [0.2, 0.25) is 0 Å². The van der Waals surface area contributed by atoms with Crippen LogP contribution in [0.3, 0.4) is 0 Å². The zero-order valence-electron chi connectivity index (χ0n) is 5.76. The Morgan fingerprint density at radius 1 is 1.40 bits per heavy atom. The lowest BCUT2D eigenvalue weighted by Gasteiger charge is -1.99. The molecule has 0 aromatic heterocycles. The maximum Gasteiger partial charge on any atom is 0.181 e. The van der Waals surface area contributed by atoms with Crippen molar-refractivity contribution in [3.63, 3.8) is 0 Å². The monoisotopic (exact) mass is 131 g/mol. The number of nitrogens with zero attached hydrogens (tertiary/aromatic N) is 1. The number of aryl methyl sites for hydroxylation is 1. The Hall–Kier alpha value is -1.49. The highest BCUT2D eigenvalue weighted by atomic mass is 14.8. The highest BCUT2D eigenvalue weighted by molar-refractivity contribution is 5.52. The standard InChI is InChI=1S/C8H8N2/c1-7-4-2-3-5-8(7)10-6-9/h2-5,10H,1H3/i6-1. The Bertz CT molecular complexity index is 260. The topological polar surface area (TPSA) is 35.8 Å². The van der Waals surface area contributed by atoms with Crippen LogP contribution in [-0.4, -0.2) is 0 Å². The third kappa shape index (κ3) is 1.26. The molecular formula is C8H8N2. The van der Waals surface area contributed by atoms with Crippen molar-refractivity contribution < 1.29 is 0 Å². The van der Waals surface area contributed by atoms with E-state index < -0.39 is 0 Å². The Morgan fingerprint density at radius 2 is 2.10 bits per heavy atom. The lowest BCUT2D eigenvalue weighted by molar-refractivity contribution is 1.41. The molecule has 0 spiro atoms. The molecule has 0 radical (unpaired) electrons. The summed E-state index contributed by atoms with van der Waals surface area (Å²) in [6, 6.07) is 7.67. The van der Waals surface area contributed by atoms with Gasteiger partial charge in [-0.2, -0.15) is 5.26 Å². The second-order valence-electron chi connectivity index (χ2n) is 2.05. The minimum Gasteiger partial charge on any atom is -0.293 e. The molecule has 10 heavy (non-hydrogen) atoms. The molecule has 1 aromatic rings. The lowest BCUT2D eigenvalue weighted by Crippen LogP contribution is -1.88. The molecule has 0 bridgehead atoms. The predicted octanol–water partition coefficient (Wildman–Crippen LogP) is 1.89. The molecule has 0 heterocycles. The number of hydrogen-bond donors (Lipinski definition) is 1. The molecule has 0 amide bonds. The van der Waals surface area contributed by atoms with E-state index in [1.165, 1.54) is 0 Å². The molecule has 0 atom stereocenters. The molecule has 50 valence electrons. The molecule has 2 nitrogen and oxygen atoms in total. The first-order chi connectivity index (χ1) is 4.84. The molecule has 0 aliphatic heterocycles. The van der Waals surface area contributed by atoms with Crippen LogP contribution < -0.4 is 5.32 Å². The molecule has 1 N–H and O–H groups in total. The van der Waals surface area contributed by atoms with Crippen LogP contribution in [0.15, 0.2) is 24.3 Å². The molecule has 0 saturated heterocycles. The van der Waals surface area contributed by atoms with Gasteiger partial charge in [0.05, 0.1) is 5.69 Å². The minimum atomic E-state index is 0.880. The largest absolute Gasteiger partial charge is 0.293 e. The summed E-state index contributed by atoms with van der Waals surface area (Å²) in [5.74, 6) is 0. The van der Waals surface area contributed by atoms with Gasteiger partial charge in [-0.3, -0.25) is 5.32 Å². The van der Waals surface area contributed by atoms with Crippen molar-refractivity contribution in [3.8, 4) is 6.19 Å². The number of nitriles is 1. The molecular weight excluding hydrogens is 123 g/mol. The van der Waals surface area contributed by atoms with E-state index in [0.29, 0.717) is 0 Å². The molecule has 0 saturated carbocycles. The Morgan fingerprint density at radius 3 is 2.70 bits per heavy atom. The third-order valence-electron chi connectivity index (χ3n) is 1.34. The SMILES string of the molecule is Cc1ccccc1N[11C]#N. The molecule has 1 rings (SSSR count). The van der Waals surface area contributed by atoms with Crippen LogP contribution in [0.4, 0.5) is 5.69 Å². The van der Waals surface area contributed by atoms with Crippen molar-refractivity contribution in [2.75, 3.05) is 5.32 Å². The van der Waals surface area contributed by atoms with E-state index in [1.807, 2.05) is 37.4 Å². The van der Waals surface area contributed by atoms with Gasteiger partial charge in [0.25, 0.3) is 0 Å². The van der Waals surface area contributed by atoms with E-state index in [4.69, 9.17) is 5.26 Å². The quantitative estimate of drug-likeness (QED) is 0.466. The fraction of sp³-hybridized carbons (Fsp3) is 0.125. The van der Waals surface area contributed by atoms with Gasteiger partial charge in [-0.25, -0.2) is 0 Å². The van der Waals surface area contributed by atoms with Crippen LogP contribution in [-0.2, 0) is 0 Å². The molecule has 1 aromatic carbocycles. The highest BCUT2D eigenvalue weighted by Crippen LogP contribution is 2.11. The van der Waals surface area contributed by atoms with Crippen molar-refractivity contribution in [3.05, 3.63) is 29.8 Å². The van der Waals surface area contributed by atoms with E-state index in [1.54, 1.807) is 0 Å². The van der Waals surface area contributed by atoms with Gasteiger partial charge in [-0.15, -0.1) is 0 Å². The van der Waals surface area contributed by atoms with Crippen LogP contribution in [0.5, 0.6) is 0 Å². The molecule has 0 unspecified atom stereocenters. The molecule has 0 aliphatic carbocycles. The molecule has 0 fully saturated rings. The summed E-state index contributed by atoms with van der Waals surface area (Å²) in [6.45, 7) is 1.96. The first-order valence-electron chi connectivity index (χ1n) is 3.05. The smallest absolute Gasteiger partial charge is 0.181 e. The van der Waals surface area contributed by atoms with Crippen molar-refractivity contribution in [1.29, 1.82) is 5.26 Å². The van der Waals surface area contributed by atoms with E-state index in [2.05, 4.69) is 5.32 Å². The maximum absolute atomic E-state index is 8.28. The molecule has 0 aliphatic rings. The number of rotatable bonds is 1. The van der Waals surface area contributed by atoms with Crippen LogP contribution in [0.25, 0.3) is 0 Å². The third-order valence-corrected chi connectivity index (χ3v) is 1.34. The highest BCUT2D eigenvalue weighted by Gasteiger charge is 1.91. The molecule has 2 heteroatoms. The number of benzene rings is 1. The zero-order chi connectivity index (χ0) is 7.40. The van der Waals surface area contributed by atoms with Crippen LogP contribution in [0.2, 0.25) is 0 Å². The van der Waals surface area contributed by atoms with E-state index in [0.717, 1.165) is 11.3 Å². The van der Waals surface area contributed by atoms with Crippen molar-refractivity contribution in [2.24, 2.45) is 0 Å². The number of anilines is 1. The Kier molecular flexibility index (Phi) is 1.91. The van der Waals surface area contributed by atoms with Gasteiger partial charge < -0.3 is 0 Å². The zero-order valence-corrected chi connectivity index (χ0v) is 5.76. The lowest BCUT2D eigenvalue weighted by atomic mass is 10.2. The summed E-state index contributed by atoms with van der Waals surface area (Å²) in [6.07, 6.45) is 1.87. The summed E-state index contributed by atoms with van der Waals surface area (Å²) >= 11 is 0. The average Bonchev–Trinajstić information content (AvgIpc) is 1.94. The second-order valence-corrected chi connectivity index (χ2v) is 2.05. The first-order valence-corrected chi connectivity index (χ1v) is 3.05. The summed E-state index contributed by atoms with van der Waals surface area (Å²) in [5.41, 5.74) is 1.97. The van der Waals surface area contributed by atoms with Gasteiger partial charge in [0.15, 0.2) is 6.19 Å². The van der Waals surface area contributed by atoms with Crippen LogP contribution in [0.1, 0.15) is 5.56 Å². The van der Waals surface area contributed by atoms with Crippen molar-refractivity contribution in [2.45, 2.75) is 6.92 Å². The van der Waals surface area contributed by atoms with Gasteiger partial charge in [0.1, 0.15) is 0 Å². The number of nitrogens with one attached hydrogen (secondary N) is 1. The minimum absolute atomic E-state index is 0.880. The van der Waals surface area contributed by atoms with Gasteiger partial charge in [-0.1, -0.05) is 18.2 Å². The normalized spacial score (nSPS) is 8.40. The number of para-hydroxylation sites is 1. The maximum atomic E-state index is 8.28. The summed E-state index contributed by atoms with van der Waals surface area (Å²) in [7, 11) is 0. The van der Waals surface area contributed by atoms with Gasteiger partial charge >= 0.3 is 0 Å². The fourth-order valence-electron chi connectivity index (χ4n) is 0.773. The van der Waals surface area contributed by atoms with Crippen molar-refractivity contribution >= 4 is 5.69 Å². The van der Waals surface area contributed by atoms with E-state index >= 15 is 0 Å². The van der Waals surface area contributed by atoms with Gasteiger partial charge in [0, 0.05) is 0 Å². The predicted molar refractivity (Wildman–Crippen MR) is 40.4 cm³/mol. The van der Waals surface area contributed by atoms with Crippen LogP contribution >= 0.6 is 0 Å². The summed E-state index contributed by atoms with van der Waals surface area (Å²) in [5, 5.41) is 10.9. The Labute approximate surface area is 60.1 Å². The van der Waals surface area contributed by atoms with Crippen LogP contribution in [0, 0.1) is 18.4 Å². The summed E-state index contributed by atoms with van der Waals surface area (Å²) < 4.78 is 0. The first kappa shape index (κ1) is 6.63. The summed E-state index contributed by atoms with van der Waals surface area (Å²) in [4.78, 5) is 0. The van der Waals surface area contributed by atoms with E-state index in [9.17, 15) is 0 Å². The second kappa shape index (κ2) is 2.88.